The first-order valence-corrected chi connectivity index (χ1v) is 8.44. The minimum absolute atomic E-state index is 0.0000332. The van der Waals surface area contributed by atoms with Crippen molar-refractivity contribution < 1.29 is 4.39 Å². The summed E-state index contributed by atoms with van der Waals surface area (Å²) in [6.07, 6.45) is 2.17. The van der Waals surface area contributed by atoms with Gasteiger partial charge in [0.15, 0.2) is 5.82 Å². The van der Waals surface area contributed by atoms with Crippen molar-refractivity contribution in [2.24, 2.45) is 0 Å². The zero-order valence-electron chi connectivity index (χ0n) is 14.5. The van der Waals surface area contributed by atoms with Gasteiger partial charge in [-0.15, -0.1) is 10.2 Å². The molecule has 6 heteroatoms. The molecule has 0 amide bonds. The highest BCUT2D eigenvalue weighted by Gasteiger charge is 2.22. The number of likely N-dealkylation sites (tertiary alicyclic amines) is 1. The van der Waals surface area contributed by atoms with Crippen LogP contribution in [0.3, 0.4) is 0 Å². The number of nitrogens with one attached hydrogen (secondary N) is 1. The number of anilines is 1. The van der Waals surface area contributed by atoms with Crippen LogP contribution in [-0.2, 0) is 0 Å². The average molecular weight is 329 g/mol. The van der Waals surface area contributed by atoms with Crippen LogP contribution in [0.25, 0.3) is 0 Å². The Morgan fingerprint density at radius 2 is 1.83 bits per heavy atom. The summed E-state index contributed by atoms with van der Waals surface area (Å²) in [5.41, 5.74) is 1.81. The van der Waals surface area contributed by atoms with Crippen LogP contribution in [0.2, 0.25) is 0 Å². The number of aromatic nitrogens is 3. The summed E-state index contributed by atoms with van der Waals surface area (Å²) in [7, 11) is 2.15. The summed E-state index contributed by atoms with van der Waals surface area (Å²) in [5.74, 6) is 1.22. The highest BCUT2D eigenvalue weighted by atomic mass is 19.1. The second kappa shape index (κ2) is 7.21. The Bertz CT molecular complexity index is 680. The lowest BCUT2D eigenvalue weighted by molar-refractivity contribution is 0.263. The van der Waals surface area contributed by atoms with Crippen molar-refractivity contribution in [3.8, 4) is 0 Å². The van der Waals surface area contributed by atoms with E-state index in [2.05, 4.69) is 32.4 Å². The van der Waals surface area contributed by atoms with E-state index in [9.17, 15) is 4.39 Å². The van der Waals surface area contributed by atoms with Gasteiger partial charge in [-0.05, 0) is 57.6 Å². The van der Waals surface area contributed by atoms with Gasteiger partial charge in [0.2, 0.25) is 0 Å². The van der Waals surface area contributed by atoms with Gasteiger partial charge in [0.25, 0.3) is 0 Å². The molecule has 1 saturated heterocycles. The summed E-state index contributed by atoms with van der Waals surface area (Å²) in [4.78, 5) is 6.92. The molecule has 1 N–H and O–H groups in total. The monoisotopic (exact) mass is 329 g/mol. The van der Waals surface area contributed by atoms with Gasteiger partial charge in [0.05, 0.1) is 0 Å². The zero-order chi connectivity index (χ0) is 17.1. The number of aryl methyl sites for hydroxylation is 1. The summed E-state index contributed by atoms with van der Waals surface area (Å²) in [6.45, 7) is 6.06. The van der Waals surface area contributed by atoms with E-state index < -0.39 is 0 Å². The van der Waals surface area contributed by atoms with Crippen molar-refractivity contribution in [3.05, 3.63) is 47.2 Å². The van der Waals surface area contributed by atoms with Crippen molar-refractivity contribution in [1.29, 1.82) is 0 Å². The van der Waals surface area contributed by atoms with Gasteiger partial charge in [-0.2, -0.15) is 0 Å². The van der Waals surface area contributed by atoms with Crippen LogP contribution in [0.4, 0.5) is 10.2 Å². The molecule has 1 aliphatic heterocycles. The number of hydrogen-bond acceptors (Lipinski definition) is 5. The lowest BCUT2D eigenvalue weighted by Crippen LogP contribution is -2.37. The van der Waals surface area contributed by atoms with Gasteiger partial charge >= 0.3 is 0 Å². The fraction of sp³-hybridized carbons (Fsp3) is 0.500. The SMILES string of the molecule is Cc1nnc([C@H](C)c2ccc(F)cc2)c(NC2CCN(C)CC2)n1. The van der Waals surface area contributed by atoms with Gasteiger partial charge < -0.3 is 10.2 Å². The maximum atomic E-state index is 13.2. The molecule has 1 atom stereocenters. The fourth-order valence-electron chi connectivity index (χ4n) is 3.07. The molecule has 128 valence electrons. The Kier molecular flexibility index (Phi) is 5.04. The maximum absolute atomic E-state index is 13.2. The molecular formula is C18H24FN5. The molecule has 1 fully saturated rings. The normalized spacial score (nSPS) is 17.7. The molecule has 0 aliphatic carbocycles. The fourth-order valence-corrected chi connectivity index (χ4v) is 3.07. The first-order valence-electron chi connectivity index (χ1n) is 8.44. The predicted molar refractivity (Wildman–Crippen MR) is 92.6 cm³/mol. The Hall–Kier alpha value is -2.08. The molecule has 2 aromatic rings. The van der Waals surface area contributed by atoms with E-state index in [1.165, 1.54) is 12.1 Å². The van der Waals surface area contributed by atoms with Crippen molar-refractivity contribution in [1.82, 2.24) is 20.1 Å². The predicted octanol–water partition coefficient (Wildman–Crippen LogP) is 2.98. The number of rotatable bonds is 4. The summed E-state index contributed by atoms with van der Waals surface area (Å²) < 4.78 is 13.2. The van der Waals surface area contributed by atoms with E-state index in [-0.39, 0.29) is 11.7 Å². The summed E-state index contributed by atoms with van der Waals surface area (Å²) in [6, 6.07) is 6.94. The molecule has 2 heterocycles. The molecule has 1 aromatic carbocycles. The molecule has 0 spiro atoms. The third kappa shape index (κ3) is 3.87. The van der Waals surface area contributed by atoms with Gasteiger partial charge in [-0.3, -0.25) is 0 Å². The van der Waals surface area contributed by atoms with Crippen LogP contribution < -0.4 is 5.32 Å². The lowest BCUT2D eigenvalue weighted by atomic mass is 9.97. The van der Waals surface area contributed by atoms with Crippen molar-refractivity contribution in [2.45, 2.75) is 38.6 Å². The second-order valence-corrected chi connectivity index (χ2v) is 6.59. The highest BCUT2D eigenvalue weighted by Crippen LogP contribution is 2.28. The Morgan fingerprint density at radius 1 is 1.17 bits per heavy atom. The largest absolute Gasteiger partial charge is 0.366 e. The Labute approximate surface area is 142 Å². The van der Waals surface area contributed by atoms with E-state index in [4.69, 9.17) is 0 Å². The molecular weight excluding hydrogens is 305 g/mol. The maximum Gasteiger partial charge on any atom is 0.152 e. The van der Waals surface area contributed by atoms with Crippen LogP contribution in [0, 0.1) is 12.7 Å². The first kappa shape index (κ1) is 16.8. The molecule has 0 bridgehead atoms. The standard InChI is InChI=1S/C18H24FN5/c1-12(14-4-6-15(19)7-5-14)17-18(20-13(2)22-23-17)21-16-8-10-24(3)11-9-16/h4-7,12,16H,8-11H2,1-3H3,(H,20,21,22)/t12-/m1/s1. The Morgan fingerprint density at radius 3 is 2.50 bits per heavy atom. The number of halogens is 1. The van der Waals surface area contributed by atoms with Gasteiger partial charge in [0.1, 0.15) is 17.3 Å². The zero-order valence-corrected chi connectivity index (χ0v) is 14.5. The molecule has 24 heavy (non-hydrogen) atoms. The van der Waals surface area contributed by atoms with Gasteiger partial charge in [-0.1, -0.05) is 19.1 Å². The smallest absolute Gasteiger partial charge is 0.152 e. The third-order valence-electron chi connectivity index (χ3n) is 4.66. The Balaban J connectivity index is 1.83. The molecule has 0 radical (unpaired) electrons. The topological polar surface area (TPSA) is 53.9 Å². The van der Waals surface area contributed by atoms with E-state index in [1.807, 2.05) is 13.8 Å². The van der Waals surface area contributed by atoms with Crippen LogP contribution in [0.1, 0.15) is 42.8 Å². The number of benzene rings is 1. The molecule has 0 saturated carbocycles. The summed E-state index contributed by atoms with van der Waals surface area (Å²) >= 11 is 0. The highest BCUT2D eigenvalue weighted by molar-refractivity contribution is 5.46. The third-order valence-corrected chi connectivity index (χ3v) is 4.66. The number of piperidine rings is 1. The van der Waals surface area contributed by atoms with Crippen LogP contribution >= 0.6 is 0 Å². The van der Waals surface area contributed by atoms with Crippen LogP contribution in [0.15, 0.2) is 24.3 Å². The minimum Gasteiger partial charge on any atom is -0.366 e. The van der Waals surface area contributed by atoms with Crippen LogP contribution in [0.5, 0.6) is 0 Å². The van der Waals surface area contributed by atoms with Crippen molar-refractivity contribution in [3.63, 3.8) is 0 Å². The van der Waals surface area contributed by atoms with Crippen molar-refractivity contribution >= 4 is 5.82 Å². The van der Waals surface area contributed by atoms with Gasteiger partial charge in [-0.25, -0.2) is 9.37 Å². The van der Waals surface area contributed by atoms with Gasteiger partial charge in [0, 0.05) is 12.0 Å². The van der Waals surface area contributed by atoms with E-state index >= 15 is 0 Å². The summed E-state index contributed by atoms with van der Waals surface area (Å²) in [5, 5.41) is 12.1. The van der Waals surface area contributed by atoms with E-state index in [0.29, 0.717) is 11.9 Å². The first-order chi connectivity index (χ1) is 11.5. The van der Waals surface area contributed by atoms with E-state index in [1.54, 1.807) is 12.1 Å². The molecule has 1 aromatic heterocycles. The quantitative estimate of drug-likeness (QED) is 0.934. The molecule has 3 rings (SSSR count). The van der Waals surface area contributed by atoms with E-state index in [0.717, 1.165) is 43.0 Å². The molecule has 5 nitrogen and oxygen atoms in total. The van der Waals surface area contributed by atoms with Crippen LogP contribution in [-0.4, -0.2) is 46.3 Å². The average Bonchev–Trinajstić information content (AvgIpc) is 2.57. The lowest BCUT2D eigenvalue weighted by Gasteiger charge is -2.30. The van der Waals surface area contributed by atoms with Crippen molar-refractivity contribution in [2.75, 3.05) is 25.5 Å². The molecule has 0 unspecified atom stereocenters. The molecule has 1 aliphatic rings. The number of hydrogen-bond donors (Lipinski definition) is 1. The number of nitrogens with zero attached hydrogens (tertiary/aromatic N) is 4. The second-order valence-electron chi connectivity index (χ2n) is 6.59. The minimum atomic E-state index is -0.233.